The van der Waals surface area contributed by atoms with E-state index in [1.54, 1.807) is 6.08 Å². The Morgan fingerprint density at radius 1 is 1.44 bits per heavy atom. The van der Waals surface area contributed by atoms with E-state index in [1.165, 1.54) is 0 Å². The Labute approximate surface area is 55.9 Å². The summed E-state index contributed by atoms with van der Waals surface area (Å²) in [5, 5.41) is 8.40. The Morgan fingerprint density at radius 3 is 2.33 bits per heavy atom. The van der Waals surface area contributed by atoms with Crippen LogP contribution < -0.4 is 0 Å². The van der Waals surface area contributed by atoms with Gasteiger partial charge in [0.05, 0.1) is 6.61 Å². The van der Waals surface area contributed by atoms with E-state index in [2.05, 4.69) is 4.99 Å². The summed E-state index contributed by atoms with van der Waals surface area (Å²) < 4.78 is 0. The van der Waals surface area contributed by atoms with Crippen LogP contribution in [0, 0.1) is 0 Å². The maximum absolute atomic E-state index is 8.40. The minimum absolute atomic E-state index is 0.0720. The van der Waals surface area contributed by atoms with Gasteiger partial charge in [0, 0.05) is 11.4 Å². The molecule has 0 radical (unpaired) electrons. The van der Waals surface area contributed by atoms with Gasteiger partial charge in [-0.3, -0.25) is 4.99 Å². The van der Waals surface area contributed by atoms with E-state index >= 15 is 0 Å². The average Bonchev–Trinajstić information content (AvgIpc) is 1.63. The third kappa shape index (κ3) is 5.24. The standard InChI is InChI=1S/C7H13NO/c1-6(2)8-7(3)4-5-9/h4,9H,5H2,1-3H3/b7-4+. The molecule has 0 unspecified atom stereocenters. The lowest BCUT2D eigenvalue weighted by atomic mass is 10.4. The van der Waals surface area contributed by atoms with E-state index in [1.807, 2.05) is 20.8 Å². The van der Waals surface area contributed by atoms with Gasteiger partial charge in [-0.2, -0.15) is 0 Å². The molecule has 0 aromatic heterocycles. The summed E-state index contributed by atoms with van der Waals surface area (Å²) in [5.41, 5.74) is 1.88. The number of hydrogen-bond donors (Lipinski definition) is 1. The van der Waals surface area contributed by atoms with Crippen molar-refractivity contribution in [3.8, 4) is 0 Å². The third-order valence-electron chi connectivity index (χ3n) is 0.787. The van der Waals surface area contributed by atoms with Crippen LogP contribution in [0.5, 0.6) is 0 Å². The maximum Gasteiger partial charge on any atom is 0.0632 e. The summed E-state index contributed by atoms with van der Waals surface area (Å²) >= 11 is 0. The molecule has 0 aliphatic heterocycles. The zero-order chi connectivity index (χ0) is 7.28. The van der Waals surface area contributed by atoms with E-state index < -0.39 is 0 Å². The number of aliphatic hydroxyl groups excluding tert-OH is 1. The molecule has 0 heterocycles. The molecule has 9 heavy (non-hydrogen) atoms. The van der Waals surface area contributed by atoms with Crippen LogP contribution in [0.15, 0.2) is 16.8 Å². The summed E-state index contributed by atoms with van der Waals surface area (Å²) in [6.07, 6.45) is 1.67. The molecule has 0 rings (SSSR count). The molecule has 52 valence electrons. The van der Waals surface area contributed by atoms with Gasteiger partial charge in [0.15, 0.2) is 0 Å². The molecule has 0 aliphatic carbocycles. The second kappa shape index (κ2) is 4.27. The summed E-state index contributed by atoms with van der Waals surface area (Å²) in [4.78, 5) is 4.08. The van der Waals surface area contributed by atoms with Crippen LogP contribution in [0.4, 0.5) is 0 Å². The quantitative estimate of drug-likeness (QED) is 0.558. The first-order valence-electron chi connectivity index (χ1n) is 2.96. The van der Waals surface area contributed by atoms with Crippen molar-refractivity contribution >= 4 is 5.71 Å². The predicted molar refractivity (Wildman–Crippen MR) is 39.6 cm³/mol. The highest BCUT2D eigenvalue weighted by Crippen LogP contribution is 1.93. The first kappa shape index (κ1) is 8.37. The summed E-state index contributed by atoms with van der Waals surface area (Å²) in [7, 11) is 0. The molecule has 2 nitrogen and oxygen atoms in total. The molecule has 0 aromatic carbocycles. The van der Waals surface area contributed by atoms with Crippen LogP contribution in [0.1, 0.15) is 20.8 Å². The van der Waals surface area contributed by atoms with Crippen LogP contribution in [0.2, 0.25) is 0 Å². The first-order valence-corrected chi connectivity index (χ1v) is 2.96. The van der Waals surface area contributed by atoms with Gasteiger partial charge in [-0.15, -0.1) is 0 Å². The molecule has 1 N–H and O–H groups in total. The van der Waals surface area contributed by atoms with Gasteiger partial charge in [-0.1, -0.05) is 0 Å². The molecule has 0 saturated heterocycles. The smallest absolute Gasteiger partial charge is 0.0632 e. The molecule has 2 heteroatoms. The van der Waals surface area contributed by atoms with Crippen LogP contribution in [0.25, 0.3) is 0 Å². The van der Waals surface area contributed by atoms with Gasteiger partial charge in [-0.05, 0) is 26.8 Å². The second-order valence-electron chi connectivity index (χ2n) is 2.09. The van der Waals surface area contributed by atoms with Crippen LogP contribution in [0.3, 0.4) is 0 Å². The molecule has 0 aliphatic rings. The zero-order valence-electron chi connectivity index (χ0n) is 6.18. The SMILES string of the molecule is CC(C)=N/C(C)=C/CO. The Balaban J connectivity index is 3.90. The normalized spacial score (nSPS) is 11.3. The molecule has 0 amide bonds. The first-order chi connectivity index (χ1) is 4.16. The Hall–Kier alpha value is -0.630. The predicted octanol–water partition coefficient (Wildman–Crippen LogP) is 1.36. The van der Waals surface area contributed by atoms with Crippen molar-refractivity contribution in [2.75, 3.05) is 6.61 Å². The maximum atomic E-state index is 8.40. The van der Waals surface area contributed by atoms with Crippen molar-refractivity contribution in [3.63, 3.8) is 0 Å². The van der Waals surface area contributed by atoms with Crippen molar-refractivity contribution in [1.29, 1.82) is 0 Å². The number of aliphatic hydroxyl groups is 1. The van der Waals surface area contributed by atoms with E-state index in [-0.39, 0.29) is 6.61 Å². The van der Waals surface area contributed by atoms with Crippen molar-refractivity contribution in [1.82, 2.24) is 0 Å². The van der Waals surface area contributed by atoms with Crippen LogP contribution in [-0.4, -0.2) is 17.4 Å². The largest absolute Gasteiger partial charge is 0.392 e. The number of aliphatic imine (C=N–C) groups is 1. The molecule has 0 fully saturated rings. The summed E-state index contributed by atoms with van der Waals surface area (Å²) in [5.74, 6) is 0. The minimum Gasteiger partial charge on any atom is -0.392 e. The second-order valence-corrected chi connectivity index (χ2v) is 2.09. The minimum atomic E-state index is 0.0720. The summed E-state index contributed by atoms with van der Waals surface area (Å²) in [6.45, 7) is 5.79. The Kier molecular flexibility index (Phi) is 3.97. The average molecular weight is 127 g/mol. The van der Waals surface area contributed by atoms with Crippen molar-refractivity contribution in [2.24, 2.45) is 4.99 Å². The lowest BCUT2D eigenvalue weighted by Gasteiger charge is -1.90. The molecule has 0 aromatic rings. The van der Waals surface area contributed by atoms with Gasteiger partial charge >= 0.3 is 0 Å². The fourth-order valence-electron chi connectivity index (χ4n) is 0.530. The van der Waals surface area contributed by atoms with Gasteiger partial charge in [-0.25, -0.2) is 0 Å². The van der Waals surface area contributed by atoms with Gasteiger partial charge < -0.3 is 5.11 Å². The monoisotopic (exact) mass is 127 g/mol. The topological polar surface area (TPSA) is 32.6 Å². The number of nitrogens with zero attached hydrogens (tertiary/aromatic N) is 1. The third-order valence-corrected chi connectivity index (χ3v) is 0.787. The highest BCUT2D eigenvalue weighted by atomic mass is 16.2. The van der Waals surface area contributed by atoms with E-state index in [4.69, 9.17) is 5.11 Å². The van der Waals surface area contributed by atoms with Crippen molar-refractivity contribution < 1.29 is 5.11 Å². The Morgan fingerprint density at radius 2 is 2.00 bits per heavy atom. The Bertz CT molecular complexity index is 132. The lowest BCUT2D eigenvalue weighted by Crippen LogP contribution is -1.82. The number of hydrogen-bond acceptors (Lipinski definition) is 2. The van der Waals surface area contributed by atoms with Crippen LogP contribution >= 0.6 is 0 Å². The fourth-order valence-corrected chi connectivity index (χ4v) is 0.530. The van der Waals surface area contributed by atoms with Crippen molar-refractivity contribution in [2.45, 2.75) is 20.8 Å². The number of rotatable bonds is 2. The summed E-state index contributed by atoms with van der Waals surface area (Å²) in [6, 6.07) is 0. The van der Waals surface area contributed by atoms with E-state index in [0.717, 1.165) is 11.4 Å². The number of allylic oxidation sites excluding steroid dienone is 1. The molecule has 0 spiro atoms. The molecular weight excluding hydrogens is 114 g/mol. The van der Waals surface area contributed by atoms with E-state index in [0.29, 0.717) is 0 Å². The molecule has 0 saturated carbocycles. The van der Waals surface area contributed by atoms with Gasteiger partial charge in [0.1, 0.15) is 0 Å². The van der Waals surface area contributed by atoms with Gasteiger partial charge in [0.25, 0.3) is 0 Å². The van der Waals surface area contributed by atoms with E-state index in [9.17, 15) is 0 Å². The lowest BCUT2D eigenvalue weighted by molar-refractivity contribution is 0.341. The van der Waals surface area contributed by atoms with Crippen molar-refractivity contribution in [3.05, 3.63) is 11.8 Å². The van der Waals surface area contributed by atoms with Gasteiger partial charge in [0.2, 0.25) is 0 Å². The molecular formula is C7H13NO. The molecule has 0 bridgehead atoms. The highest BCUT2D eigenvalue weighted by molar-refractivity contribution is 5.80. The molecule has 0 atom stereocenters. The highest BCUT2D eigenvalue weighted by Gasteiger charge is 1.81. The van der Waals surface area contributed by atoms with Crippen LogP contribution in [-0.2, 0) is 0 Å². The zero-order valence-corrected chi connectivity index (χ0v) is 6.18. The fraction of sp³-hybridized carbons (Fsp3) is 0.571.